The maximum atomic E-state index is 2.39. The van der Waals surface area contributed by atoms with Crippen LogP contribution in [0.3, 0.4) is 0 Å². The molecule has 4 rings (SSSR count). The Hall–Kier alpha value is -3.12. The molecule has 0 amide bonds. The van der Waals surface area contributed by atoms with E-state index < -0.39 is 0 Å². The average Bonchev–Trinajstić information content (AvgIpc) is 2.78. The van der Waals surface area contributed by atoms with Crippen LogP contribution in [0.2, 0.25) is 0 Å². The summed E-state index contributed by atoms with van der Waals surface area (Å²) < 4.78 is 0. The smallest absolute Gasteiger partial charge is 0.00616 e. The molecule has 0 heteroatoms. The second kappa shape index (κ2) is 10.0. The summed E-state index contributed by atoms with van der Waals surface area (Å²) in [6, 6.07) is 25.0. The van der Waals surface area contributed by atoms with Gasteiger partial charge < -0.3 is 0 Å². The summed E-state index contributed by atoms with van der Waals surface area (Å²) in [7, 11) is 0. The SMILES string of the molecule is CCCCc1c(-c2ccccc2)ccc(-c2c(C)cc(C)cc2C)c1-c1c(C)cc(C)cc1C. The molecule has 0 aromatic heterocycles. The van der Waals surface area contributed by atoms with Crippen molar-refractivity contribution in [3.05, 3.63) is 106 Å². The maximum absolute atomic E-state index is 2.39. The predicted molar refractivity (Wildman–Crippen MR) is 150 cm³/mol. The Morgan fingerprint density at radius 2 is 1.03 bits per heavy atom. The van der Waals surface area contributed by atoms with Gasteiger partial charge in [-0.2, -0.15) is 0 Å². The third kappa shape index (κ3) is 4.60. The van der Waals surface area contributed by atoms with Gasteiger partial charge in [0.1, 0.15) is 0 Å². The van der Waals surface area contributed by atoms with Crippen LogP contribution in [-0.4, -0.2) is 0 Å². The van der Waals surface area contributed by atoms with Gasteiger partial charge in [-0.1, -0.05) is 91.2 Å². The zero-order valence-electron chi connectivity index (χ0n) is 22.0. The summed E-state index contributed by atoms with van der Waals surface area (Å²) >= 11 is 0. The van der Waals surface area contributed by atoms with Crippen LogP contribution < -0.4 is 0 Å². The van der Waals surface area contributed by atoms with Gasteiger partial charge in [-0.15, -0.1) is 0 Å². The quantitative estimate of drug-likeness (QED) is 0.276. The van der Waals surface area contributed by atoms with Crippen molar-refractivity contribution in [1.29, 1.82) is 0 Å². The molecular weight excluding hydrogens is 408 g/mol. The molecule has 0 spiro atoms. The minimum absolute atomic E-state index is 1.08. The first-order chi connectivity index (χ1) is 16.3. The lowest BCUT2D eigenvalue weighted by atomic mass is 9.79. The summed E-state index contributed by atoms with van der Waals surface area (Å²) in [5.74, 6) is 0. The van der Waals surface area contributed by atoms with E-state index in [1.807, 2.05) is 0 Å². The number of benzene rings is 4. The number of hydrogen-bond acceptors (Lipinski definition) is 0. The lowest BCUT2D eigenvalue weighted by Gasteiger charge is -2.25. The van der Waals surface area contributed by atoms with Crippen molar-refractivity contribution in [3.63, 3.8) is 0 Å². The van der Waals surface area contributed by atoms with Crippen LogP contribution in [0.5, 0.6) is 0 Å². The first kappa shape index (κ1) is 24.0. The van der Waals surface area contributed by atoms with Crippen molar-refractivity contribution in [2.24, 2.45) is 0 Å². The van der Waals surface area contributed by atoms with E-state index in [4.69, 9.17) is 0 Å². The molecule has 0 aliphatic heterocycles. The van der Waals surface area contributed by atoms with Crippen LogP contribution in [0, 0.1) is 41.5 Å². The molecule has 0 aliphatic rings. The topological polar surface area (TPSA) is 0 Å². The Kier molecular flexibility index (Phi) is 7.08. The molecule has 0 radical (unpaired) electrons. The lowest BCUT2D eigenvalue weighted by Crippen LogP contribution is -2.03. The van der Waals surface area contributed by atoms with Crippen LogP contribution >= 0.6 is 0 Å². The fraction of sp³-hybridized carbons (Fsp3) is 0.294. The van der Waals surface area contributed by atoms with E-state index >= 15 is 0 Å². The van der Waals surface area contributed by atoms with E-state index in [1.165, 1.54) is 85.2 Å². The Morgan fingerprint density at radius 1 is 0.529 bits per heavy atom. The Morgan fingerprint density at radius 3 is 1.56 bits per heavy atom. The van der Waals surface area contributed by atoms with E-state index in [0.717, 1.165) is 6.42 Å². The van der Waals surface area contributed by atoms with Gasteiger partial charge in [0.15, 0.2) is 0 Å². The minimum Gasteiger partial charge on any atom is -0.0654 e. The van der Waals surface area contributed by atoms with Gasteiger partial charge in [0.05, 0.1) is 0 Å². The normalized spacial score (nSPS) is 11.1. The predicted octanol–water partition coefficient (Wildman–Crippen LogP) is 9.88. The van der Waals surface area contributed by atoms with E-state index in [2.05, 4.69) is 115 Å². The largest absolute Gasteiger partial charge is 0.0654 e. The minimum atomic E-state index is 1.08. The van der Waals surface area contributed by atoms with E-state index in [9.17, 15) is 0 Å². The molecular formula is C34H38. The van der Waals surface area contributed by atoms with Crippen LogP contribution in [0.1, 0.15) is 58.7 Å². The molecule has 0 N–H and O–H groups in total. The Balaban J connectivity index is 2.16. The van der Waals surface area contributed by atoms with Gasteiger partial charge in [0.2, 0.25) is 0 Å². The summed E-state index contributed by atoms with van der Waals surface area (Å²) in [5, 5.41) is 0. The number of hydrogen-bond donors (Lipinski definition) is 0. The molecule has 0 saturated carbocycles. The summed E-state index contributed by atoms with van der Waals surface area (Å²) in [6.45, 7) is 15.8. The Bertz CT molecular complexity index is 1280. The van der Waals surface area contributed by atoms with Gasteiger partial charge in [0, 0.05) is 0 Å². The standard InChI is InChI=1S/C34H38/c1-8-9-15-30-29(28-13-11-10-12-14-28)16-17-31(32-24(4)18-22(2)19-25(32)5)34(30)33-26(6)20-23(3)21-27(33)7/h10-14,16-21H,8-9,15H2,1-7H3. The van der Waals surface area contributed by atoms with Gasteiger partial charge in [-0.25, -0.2) is 0 Å². The highest BCUT2D eigenvalue weighted by molar-refractivity contribution is 5.94. The molecule has 34 heavy (non-hydrogen) atoms. The molecule has 174 valence electrons. The van der Waals surface area contributed by atoms with Crippen molar-refractivity contribution < 1.29 is 0 Å². The molecule has 0 nitrogen and oxygen atoms in total. The maximum Gasteiger partial charge on any atom is -0.00616 e. The molecule has 4 aromatic rings. The van der Waals surface area contributed by atoms with Gasteiger partial charge in [0.25, 0.3) is 0 Å². The molecule has 0 unspecified atom stereocenters. The summed E-state index contributed by atoms with van der Waals surface area (Å²) in [4.78, 5) is 0. The zero-order chi connectivity index (χ0) is 24.4. The molecule has 0 fully saturated rings. The van der Waals surface area contributed by atoms with E-state index in [1.54, 1.807) is 0 Å². The average molecular weight is 447 g/mol. The third-order valence-electron chi connectivity index (χ3n) is 7.05. The van der Waals surface area contributed by atoms with Crippen LogP contribution in [0.25, 0.3) is 33.4 Å². The van der Waals surface area contributed by atoms with Gasteiger partial charge in [-0.3, -0.25) is 0 Å². The molecule has 0 aliphatic carbocycles. The number of rotatable bonds is 6. The van der Waals surface area contributed by atoms with Crippen molar-refractivity contribution in [3.8, 4) is 33.4 Å². The molecule has 0 atom stereocenters. The molecule has 0 bridgehead atoms. The third-order valence-corrected chi connectivity index (χ3v) is 7.05. The van der Waals surface area contributed by atoms with Crippen LogP contribution in [0.4, 0.5) is 0 Å². The first-order valence-corrected chi connectivity index (χ1v) is 12.7. The molecule has 0 saturated heterocycles. The Labute approximate surface area is 206 Å². The lowest BCUT2D eigenvalue weighted by molar-refractivity contribution is 0.797. The highest BCUT2D eigenvalue weighted by Crippen LogP contribution is 2.45. The second-order valence-corrected chi connectivity index (χ2v) is 10.0. The molecule has 4 aromatic carbocycles. The summed E-state index contributed by atoms with van der Waals surface area (Å²) in [6.07, 6.45) is 3.46. The monoisotopic (exact) mass is 446 g/mol. The first-order valence-electron chi connectivity index (χ1n) is 12.7. The van der Waals surface area contributed by atoms with Crippen LogP contribution in [-0.2, 0) is 6.42 Å². The number of aryl methyl sites for hydroxylation is 6. The highest BCUT2D eigenvalue weighted by atomic mass is 14.3. The van der Waals surface area contributed by atoms with Crippen molar-refractivity contribution in [1.82, 2.24) is 0 Å². The van der Waals surface area contributed by atoms with Crippen molar-refractivity contribution in [2.75, 3.05) is 0 Å². The molecule has 0 heterocycles. The van der Waals surface area contributed by atoms with Crippen molar-refractivity contribution in [2.45, 2.75) is 67.7 Å². The van der Waals surface area contributed by atoms with E-state index in [-0.39, 0.29) is 0 Å². The van der Waals surface area contributed by atoms with Gasteiger partial charge in [-0.05, 0) is 116 Å². The summed E-state index contributed by atoms with van der Waals surface area (Å²) in [5.41, 5.74) is 17.9. The zero-order valence-corrected chi connectivity index (χ0v) is 22.0. The van der Waals surface area contributed by atoms with Crippen LogP contribution in [0.15, 0.2) is 66.7 Å². The van der Waals surface area contributed by atoms with E-state index in [0.29, 0.717) is 0 Å². The fourth-order valence-electron chi connectivity index (χ4n) is 5.82. The fourth-order valence-corrected chi connectivity index (χ4v) is 5.82. The van der Waals surface area contributed by atoms with Crippen molar-refractivity contribution >= 4 is 0 Å². The number of unbranched alkanes of at least 4 members (excludes halogenated alkanes) is 1. The second-order valence-electron chi connectivity index (χ2n) is 10.0. The highest BCUT2D eigenvalue weighted by Gasteiger charge is 2.22. The van der Waals surface area contributed by atoms with Gasteiger partial charge >= 0.3 is 0 Å².